The molecule has 1 rings (SSSR count). The molecule has 1 heterocycles. The van der Waals surface area contributed by atoms with E-state index in [0.717, 1.165) is 18.9 Å². The zero-order chi connectivity index (χ0) is 15.0. The van der Waals surface area contributed by atoms with Crippen molar-refractivity contribution in [3.63, 3.8) is 0 Å². The lowest BCUT2D eigenvalue weighted by Crippen LogP contribution is -2.45. The fraction of sp³-hybridized carbons (Fsp3) is 0.933. The average Bonchev–Trinajstić information content (AvgIpc) is 2.44. The van der Waals surface area contributed by atoms with E-state index >= 15 is 0 Å². The first-order valence-electron chi connectivity index (χ1n) is 7.90. The van der Waals surface area contributed by atoms with E-state index in [1.165, 1.54) is 25.9 Å². The summed E-state index contributed by atoms with van der Waals surface area (Å²) in [6.07, 6.45) is 3.58. The third-order valence-corrected chi connectivity index (χ3v) is 4.31. The molecule has 1 fully saturated rings. The SMILES string of the molecule is CC1CCN(CCCNC(=O)NC(C)C(C)CO)CC1. The van der Waals surface area contributed by atoms with Gasteiger partial charge in [-0.15, -0.1) is 0 Å². The Morgan fingerprint density at radius 2 is 2.00 bits per heavy atom. The normalized spacial score (nSPS) is 20.4. The maximum atomic E-state index is 11.7. The smallest absolute Gasteiger partial charge is 0.315 e. The van der Waals surface area contributed by atoms with Gasteiger partial charge in [0, 0.05) is 19.2 Å². The van der Waals surface area contributed by atoms with Crippen LogP contribution in [0, 0.1) is 11.8 Å². The van der Waals surface area contributed by atoms with E-state index in [2.05, 4.69) is 22.5 Å². The number of likely N-dealkylation sites (tertiary alicyclic amines) is 1. The number of hydrogen-bond acceptors (Lipinski definition) is 3. The first-order chi connectivity index (χ1) is 9.52. The maximum Gasteiger partial charge on any atom is 0.315 e. The zero-order valence-corrected chi connectivity index (χ0v) is 13.2. The Hall–Kier alpha value is -0.810. The van der Waals surface area contributed by atoms with E-state index < -0.39 is 0 Å². The highest BCUT2D eigenvalue weighted by Crippen LogP contribution is 2.15. The molecule has 0 aromatic rings. The Morgan fingerprint density at radius 1 is 1.35 bits per heavy atom. The van der Waals surface area contributed by atoms with Crippen LogP contribution >= 0.6 is 0 Å². The molecule has 1 aliphatic rings. The summed E-state index contributed by atoms with van der Waals surface area (Å²) in [6.45, 7) is 10.4. The van der Waals surface area contributed by atoms with Crippen molar-refractivity contribution in [3.8, 4) is 0 Å². The van der Waals surface area contributed by atoms with Crippen molar-refractivity contribution in [1.29, 1.82) is 0 Å². The molecule has 0 aromatic carbocycles. The predicted molar refractivity (Wildman–Crippen MR) is 81.7 cm³/mol. The van der Waals surface area contributed by atoms with Gasteiger partial charge in [-0.3, -0.25) is 0 Å². The van der Waals surface area contributed by atoms with Gasteiger partial charge in [0.25, 0.3) is 0 Å². The van der Waals surface area contributed by atoms with Crippen molar-refractivity contribution in [2.45, 2.75) is 46.1 Å². The summed E-state index contributed by atoms with van der Waals surface area (Å²) in [5.74, 6) is 0.946. The second kappa shape index (κ2) is 9.19. The van der Waals surface area contributed by atoms with E-state index in [1.54, 1.807) is 0 Å². The molecule has 5 heteroatoms. The average molecular weight is 285 g/mol. The zero-order valence-electron chi connectivity index (χ0n) is 13.2. The van der Waals surface area contributed by atoms with E-state index in [-0.39, 0.29) is 24.6 Å². The highest BCUT2D eigenvalue weighted by atomic mass is 16.3. The Balaban J connectivity index is 2.04. The number of carbonyl (C=O) groups excluding carboxylic acids is 1. The third kappa shape index (κ3) is 6.57. The largest absolute Gasteiger partial charge is 0.396 e. The second-order valence-corrected chi connectivity index (χ2v) is 6.23. The molecule has 0 aliphatic carbocycles. The molecule has 0 radical (unpaired) electrons. The Labute approximate surface area is 123 Å². The molecular formula is C15H31N3O2. The van der Waals surface area contributed by atoms with Gasteiger partial charge in [0.1, 0.15) is 0 Å². The number of piperidine rings is 1. The summed E-state index contributed by atoms with van der Waals surface area (Å²) in [4.78, 5) is 14.1. The van der Waals surface area contributed by atoms with Crippen LogP contribution in [0.4, 0.5) is 4.79 Å². The molecule has 0 bridgehead atoms. The minimum atomic E-state index is -0.134. The molecule has 118 valence electrons. The number of hydrogen-bond donors (Lipinski definition) is 3. The van der Waals surface area contributed by atoms with Crippen LogP contribution in [0.15, 0.2) is 0 Å². The minimum Gasteiger partial charge on any atom is -0.396 e. The lowest BCUT2D eigenvalue weighted by Gasteiger charge is -2.30. The van der Waals surface area contributed by atoms with Gasteiger partial charge >= 0.3 is 6.03 Å². The first kappa shape index (κ1) is 17.2. The first-order valence-corrected chi connectivity index (χ1v) is 7.90. The number of aliphatic hydroxyl groups is 1. The molecule has 2 unspecified atom stereocenters. The molecule has 0 saturated carbocycles. The molecule has 2 atom stereocenters. The summed E-state index contributed by atoms with van der Waals surface area (Å²) in [5.41, 5.74) is 0. The minimum absolute atomic E-state index is 0.0106. The molecule has 5 nitrogen and oxygen atoms in total. The van der Waals surface area contributed by atoms with Crippen LogP contribution in [0.1, 0.15) is 40.0 Å². The predicted octanol–water partition coefficient (Wildman–Crippen LogP) is 1.42. The number of nitrogens with one attached hydrogen (secondary N) is 2. The van der Waals surface area contributed by atoms with Gasteiger partial charge in [-0.2, -0.15) is 0 Å². The van der Waals surface area contributed by atoms with Crippen molar-refractivity contribution in [1.82, 2.24) is 15.5 Å². The quantitative estimate of drug-likeness (QED) is 0.620. The molecule has 1 aliphatic heterocycles. The van der Waals surface area contributed by atoms with E-state index in [4.69, 9.17) is 5.11 Å². The Kier molecular flexibility index (Phi) is 7.92. The van der Waals surface area contributed by atoms with Crippen molar-refractivity contribution < 1.29 is 9.90 Å². The van der Waals surface area contributed by atoms with Crippen molar-refractivity contribution in [2.75, 3.05) is 32.8 Å². The van der Waals surface area contributed by atoms with Crippen LogP contribution in [-0.4, -0.2) is 54.9 Å². The van der Waals surface area contributed by atoms with Crippen molar-refractivity contribution in [3.05, 3.63) is 0 Å². The summed E-state index contributed by atoms with van der Waals surface area (Å²) in [6, 6.07) is -0.145. The number of rotatable bonds is 7. The van der Waals surface area contributed by atoms with Crippen LogP contribution in [0.5, 0.6) is 0 Å². The number of aliphatic hydroxyl groups excluding tert-OH is 1. The number of nitrogens with zero attached hydrogens (tertiary/aromatic N) is 1. The molecule has 1 saturated heterocycles. The molecule has 0 spiro atoms. The second-order valence-electron chi connectivity index (χ2n) is 6.23. The van der Waals surface area contributed by atoms with Gasteiger partial charge < -0.3 is 20.6 Å². The molecule has 0 aromatic heterocycles. The van der Waals surface area contributed by atoms with Crippen LogP contribution in [0.3, 0.4) is 0 Å². The number of amides is 2. The molecule has 3 N–H and O–H groups in total. The lowest BCUT2D eigenvalue weighted by molar-refractivity contribution is 0.188. The summed E-state index contributed by atoms with van der Waals surface area (Å²) in [5, 5.41) is 14.8. The van der Waals surface area contributed by atoms with Crippen molar-refractivity contribution in [2.24, 2.45) is 11.8 Å². The van der Waals surface area contributed by atoms with E-state index in [1.807, 2.05) is 13.8 Å². The van der Waals surface area contributed by atoms with Gasteiger partial charge in [-0.25, -0.2) is 4.79 Å². The molecule has 20 heavy (non-hydrogen) atoms. The molecular weight excluding hydrogens is 254 g/mol. The van der Waals surface area contributed by atoms with Gasteiger partial charge in [0.2, 0.25) is 0 Å². The van der Waals surface area contributed by atoms with Crippen LogP contribution < -0.4 is 10.6 Å². The van der Waals surface area contributed by atoms with Gasteiger partial charge in [0.15, 0.2) is 0 Å². The monoisotopic (exact) mass is 285 g/mol. The fourth-order valence-corrected chi connectivity index (χ4v) is 2.35. The van der Waals surface area contributed by atoms with Crippen LogP contribution in [-0.2, 0) is 0 Å². The van der Waals surface area contributed by atoms with Crippen LogP contribution in [0.25, 0.3) is 0 Å². The Bertz CT molecular complexity index is 278. The highest BCUT2D eigenvalue weighted by Gasteiger charge is 2.15. The Morgan fingerprint density at radius 3 is 2.60 bits per heavy atom. The highest BCUT2D eigenvalue weighted by molar-refractivity contribution is 5.74. The number of carbonyl (C=O) groups is 1. The number of urea groups is 1. The fourth-order valence-electron chi connectivity index (χ4n) is 2.35. The topological polar surface area (TPSA) is 64.6 Å². The van der Waals surface area contributed by atoms with E-state index in [9.17, 15) is 4.79 Å². The van der Waals surface area contributed by atoms with Crippen molar-refractivity contribution >= 4 is 6.03 Å². The summed E-state index contributed by atoms with van der Waals surface area (Å²) >= 11 is 0. The van der Waals surface area contributed by atoms with Crippen LogP contribution in [0.2, 0.25) is 0 Å². The summed E-state index contributed by atoms with van der Waals surface area (Å²) in [7, 11) is 0. The molecule has 2 amide bonds. The lowest BCUT2D eigenvalue weighted by atomic mass is 9.99. The summed E-state index contributed by atoms with van der Waals surface area (Å²) < 4.78 is 0. The maximum absolute atomic E-state index is 11.7. The van der Waals surface area contributed by atoms with Gasteiger partial charge in [0.05, 0.1) is 0 Å². The third-order valence-electron chi connectivity index (χ3n) is 4.31. The van der Waals surface area contributed by atoms with E-state index in [0.29, 0.717) is 6.54 Å². The van der Waals surface area contributed by atoms with Gasteiger partial charge in [-0.05, 0) is 57.7 Å². The standard InChI is InChI=1S/C15H31N3O2/c1-12-5-9-18(10-6-12)8-4-7-16-15(20)17-14(3)13(2)11-19/h12-14,19H,4-11H2,1-3H3,(H2,16,17,20). The van der Waals surface area contributed by atoms with Gasteiger partial charge in [-0.1, -0.05) is 13.8 Å².